The van der Waals surface area contributed by atoms with Crippen molar-refractivity contribution in [2.75, 3.05) is 26.2 Å². The molecule has 0 spiro atoms. The maximum Gasteiger partial charge on any atom is 0.243 e. The number of carbonyl (C=O) groups is 1. The molecule has 4 rings (SSSR count). The van der Waals surface area contributed by atoms with Gasteiger partial charge in [0.1, 0.15) is 12.4 Å². The largest absolute Gasteiger partial charge is 0.491 e. The third-order valence-corrected chi connectivity index (χ3v) is 9.16. The van der Waals surface area contributed by atoms with Crippen LogP contribution in [-0.4, -0.2) is 49.8 Å². The van der Waals surface area contributed by atoms with Crippen LogP contribution in [0.25, 0.3) is 0 Å². The zero-order valence-electron chi connectivity index (χ0n) is 19.7. The number of carbonyl (C=O) groups excluding carboxylic acids is 1. The minimum absolute atomic E-state index is 0.200. The minimum atomic E-state index is -3.77. The molecule has 1 amide bonds. The van der Waals surface area contributed by atoms with Crippen molar-refractivity contribution in [3.63, 3.8) is 0 Å². The van der Waals surface area contributed by atoms with Gasteiger partial charge in [-0.2, -0.15) is 4.31 Å². The second kappa shape index (κ2) is 10.3. The van der Waals surface area contributed by atoms with Gasteiger partial charge in [0.25, 0.3) is 0 Å². The molecule has 1 aliphatic rings. The van der Waals surface area contributed by atoms with Gasteiger partial charge in [-0.15, -0.1) is 11.3 Å². The van der Waals surface area contributed by atoms with Crippen molar-refractivity contribution in [2.45, 2.75) is 38.1 Å². The van der Waals surface area contributed by atoms with Crippen LogP contribution < -0.4 is 4.74 Å². The summed E-state index contributed by atoms with van der Waals surface area (Å²) in [5.74, 6) is 0.571. The highest BCUT2D eigenvalue weighted by atomic mass is 32.2. The standard InChI is InChI=1S/C26H30N2O4S2/c1-4-27(34(30,31)21-11-9-19(2)10-12-21)17-26(29)28-15-13-25-22(14-16-33-25)23(28)18-32-24-8-6-5-7-20(24)3/h5-12,14,16,23H,4,13,15,17-18H2,1-3H3/t23-/m1/s1. The van der Waals surface area contributed by atoms with Gasteiger partial charge in [0.05, 0.1) is 17.5 Å². The van der Waals surface area contributed by atoms with Gasteiger partial charge < -0.3 is 9.64 Å². The zero-order chi connectivity index (χ0) is 24.3. The molecule has 0 saturated heterocycles. The topological polar surface area (TPSA) is 66.9 Å². The molecule has 0 fully saturated rings. The number of aryl methyl sites for hydroxylation is 2. The molecular formula is C26H30N2O4S2. The Hall–Kier alpha value is -2.68. The van der Waals surface area contributed by atoms with Crippen LogP contribution in [0.5, 0.6) is 5.75 Å². The number of sulfonamides is 1. The van der Waals surface area contributed by atoms with Crippen molar-refractivity contribution in [1.82, 2.24) is 9.21 Å². The van der Waals surface area contributed by atoms with Crippen molar-refractivity contribution in [3.8, 4) is 5.75 Å². The van der Waals surface area contributed by atoms with E-state index in [4.69, 9.17) is 4.74 Å². The fourth-order valence-electron chi connectivity index (χ4n) is 4.23. The summed E-state index contributed by atoms with van der Waals surface area (Å²) in [7, 11) is -3.77. The molecule has 6 nitrogen and oxygen atoms in total. The summed E-state index contributed by atoms with van der Waals surface area (Å²) in [5.41, 5.74) is 3.10. The molecule has 1 atom stereocenters. The molecule has 34 heavy (non-hydrogen) atoms. The zero-order valence-corrected chi connectivity index (χ0v) is 21.4. The lowest BCUT2D eigenvalue weighted by Gasteiger charge is -2.37. The van der Waals surface area contributed by atoms with Gasteiger partial charge in [0, 0.05) is 18.0 Å². The van der Waals surface area contributed by atoms with Crippen LogP contribution >= 0.6 is 11.3 Å². The molecule has 180 valence electrons. The van der Waals surface area contributed by atoms with E-state index in [2.05, 4.69) is 0 Å². The summed E-state index contributed by atoms with van der Waals surface area (Å²) in [6.45, 7) is 6.52. The molecule has 0 N–H and O–H groups in total. The van der Waals surface area contributed by atoms with Gasteiger partial charge in [-0.3, -0.25) is 4.79 Å². The van der Waals surface area contributed by atoms with E-state index in [1.807, 2.05) is 49.6 Å². The molecule has 3 aromatic rings. The van der Waals surface area contributed by atoms with Crippen molar-refractivity contribution >= 4 is 27.3 Å². The molecule has 2 heterocycles. The Bertz CT molecular complexity index is 1250. The lowest BCUT2D eigenvalue weighted by molar-refractivity contribution is -0.135. The molecule has 0 radical (unpaired) electrons. The van der Waals surface area contributed by atoms with Gasteiger partial charge in [0.15, 0.2) is 0 Å². The Morgan fingerprint density at radius 3 is 2.56 bits per heavy atom. The number of hydrogen-bond donors (Lipinski definition) is 0. The number of thiophene rings is 1. The normalized spacial score (nSPS) is 15.9. The summed E-state index contributed by atoms with van der Waals surface area (Å²) >= 11 is 1.69. The van der Waals surface area contributed by atoms with Crippen LogP contribution in [0.4, 0.5) is 0 Å². The SMILES string of the molecule is CCN(CC(=O)N1CCc2sccc2[C@H]1COc1ccccc1C)S(=O)(=O)c1ccc(C)cc1. The predicted molar refractivity (Wildman–Crippen MR) is 135 cm³/mol. The Morgan fingerprint density at radius 2 is 1.85 bits per heavy atom. The summed E-state index contributed by atoms with van der Waals surface area (Å²) in [6.07, 6.45) is 0.760. The highest BCUT2D eigenvalue weighted by Crippen LogP contribution is 2.34. The Morgan fingerprint density at radius 1 is 1.12 bits per heavy atom. The second-order valence-corrected chi connectivity index (χ2v) is 11.4. The van der Waals surface area contributed by atoms with Crippen molar-refractivity contribution in [2.24, 2.45) is 0 Å². The van der Waals surface area contributed by atoms with E-state index < -0.39 is 10.0 Å². The minimum Gasteiger partial charge on any atom is -0.491 e. The molecule has 2 aromatic carbocycles. The summed E-state index contributed by atoms with van der Waals surface area (Å²) in [4.78, 5) is 16.7. The maximum atomic E-state index is 13.5. The number of amides is 1. The molecule has 0 bridgehead atoms. The van der Waals surface area contributed by atoms with Crippen LogP contribution in [0, 0.1) is 13.8 Å². The number of benzene rings is 2. The summed E-state index contributed by atoms with van der Waals surface area (Å²) < 4.78 is 33.8. The number of likely N-dealkylation sites (N-methyl/N-ethyl adjacent to an activating group) is 1. The number of hydrogen-bond acceptors (Lipinski definition) is 5. The van der Waals surface area contributed by atoms with E-state index in [0.29, 0.717) is 13.2 Å². The molecule has 1 aliphatic heterocycles. The molecular weight excluding hydrogens is 468 g/mol. The molecule has 0 unspecified atom stereocenters. The van der Waals surface area contributed by atoms with Gasteiger partial charge in [0.2, 0.25) is 15.9 Å². The quantitative estimate of drug-likeness (QED) is 0.456. The highest BCUT2D eigenvalue weighted by molar-refractivity contribution is 7.89. The fraction of sp³-hybridized carbons (Fsp3) is 0.346. The number of ether oxygens (including phenoxy) is 1. The van der Waals surface area contributed by atoms with Gasteiger partial charge in [-0.1, -0.05) is 42.8 Å². The average molecular weight is 499 g/mol. The van der Waals surface area contributed by atoms with Crippen LogP contribution in [0.2, 0.25) is 0 Å². The van der Waals surface area contributed by atoms with Crippen molar-refractivity contribution in [1.29, 1.82) is 0 Å². The lowest BCUT2D eigenvalue weighted by Crippen LogP contribution is -2.47. The first-order valence-electron chi connectivity index (χ1n) is 11.4. The first kappa shape index (κ1) is 24.4. The smallest absolute Gasteiger partial charge is 0.243 e. The first-order valence-corrected chi connectivity index (χ1v) is 13.7. The highest BCUT2D eigenvalue weighted by Gasteiger charge is 2.35. The van der Waals surface area contributed by atoms with Gasteiger partial charge >= 0.3 is 0 Å². The van der Waals surface area contributed by atoms with Crippen molar-refractivity contribution in [3.05, 3.63) is 81.5 Å². The molecule has 1 aromatic heterocycles. The Kier molecular flexibility index (Phi) is 7.40. The van der Waals surface area contributed by atoms with Crippen molar-refractivity contribution < 1.29 is 17.9 Å². The number of nitrogens with zero attached hydrogens (tertiary/aromatic N) is 2. The van der Waals surface area contributed by atoms with Crippen LogP contribution in [0.15, 0.2) is 64.9 Å². The number of para-hydroxylation sites is 1. The average Bonchev–Trinajstić information content (AvgIpc) is 3.31. The number of fused-ring (bicyclic) bond motifs is 1. The van der Waals surface area contributed by atoms with E-state index in [1.54, 1.807) is 47.4 Å². The molecule has 0 aliphatic carbocycles. The van der Waals surface area contributed by atoms with E-state index in [0.717, 1.165) is 28.9 Å². The second-order valence-electron chi connectivity index (χ2n) is 8.47. The van der Waals surface area contributed by atoms with Crippen LogP contribution in [-0.2, 0) is 21.2 Å². The fourth-order valence-corrected chi connectivity index (χ4v) is 6.56. The van der Waals surface area contributed by atoms with Crippen LogP contribution in [0.3, 0.4) is 0 Å². The summed E-state index contributed by atoms with van der Waals surface area (Å²) in [6, 6.07) is 16.3. The monoisotopic (exact) mass is 498 g/mol. The third-order valence-electron chi connectivity index (χ3n) is 6.23. The Balaban J connectivity index is 1.55. The summed E-state index contributed by atoms with van der Waals surface area (Å²) in [5, 5.41) is 2.04. The Labute approximate surface area is 205 Å². The van der Waals surface area contributed by atoms with E-state index in [9.17, 15) is 13.2 Å². The van der Waals surface area contributed by atoms with E-state index in [-0.39, 0.29) is 29.9 Å². The first-order chi connectivity index (χ1) is 16.3. The lowest BCUT2D eigenvalue weighted by atomic mass is 10.0. The molecule has 0 saturated carbocycles. The van der Waals surface area contributed by atoms with Crippen LogP contribution in [0.1, 0.15) is 34.5 Å². The van der Waals surface area contributed by atoms with E-state index >= 15 is 0 Å². The predicted octanol–water partition coefficient (Wildman–Crippen LogP) is 4.58. The maximum absolute atomic E-state index is 13.5. The molecule has 8 heteroatoms. The van der Waals surface area contributed by atoms with Gasteiger partial charge in [-0.05, 0) is 61.0 Å². The van der Waals surface area contributed by atoms with E-state index in [1.165, 1.54) is 9.18 Å². The third kappa shape index (κ3) is 5.04. The number of rotatable bonds is 8. The van der Waals surface area contributed by atoms with Gasteiger partial charge in [-0.25, -0.2) is 8.42 Å².